The number of carbonyl (C=O) groups excluding carboxylic acids is 1. The van der Waals surface area contributed by atoms with Crippen LogP contribution in [0.5, 0.6) is 0 Å². The summed E-state index contributed by atoms with van der Waals surface area (Å²) in [4.78, 5) is 16.8. The third-order valence-electron chi connectivity index (χ3n) is 6.91. The fraction of sp³-hybridized carbons (Fsp3) is 0.440. The lowest BCUT2D eigenvalue weighted by atomic mass is 9.76. The monoisotopic (exact) mass is 448 g/mol. The number of esters is 1. The number of rotatable bonds is 4. The summed E-state index contributed by atoms with van der Waals surface area (Å²) >= 11 is 6.37. The van der Waals surface area contributed by atoms with E-state index < -0.39 is 0 Å². The summed E-state index contributed by atoms with van der Waals surface area (Å²) in [5, 5.41) is 17.0. The molecule has 1 saturated carbocycles. The lowest BCUT2D eigenvalue weighted by Gasteiger charge is -2.34. The molecule has 0 spiro atoms. The Morgan fingerprint density at radius 2 is 2.06 bits per heavy atom. The number of hydrogen-bond acceptors (Lipinski definition) is 6. The molecule has 1 aromatic heterocycles. The van der Waals surface area contributed by atoms with Gasteiger partial charge in [0.15, 0.2) is 0 Å². The van der Waals surface area contributed by atoms with Gasteiger partial charge in [-0.2, -0.15) is 10.4 Å². The van der Waals surface area contributed by atoms with Crippen LogP contribution in [0, 0.1) is 23.2 Å². The molecule has 5 rings (SSSR count). The second-order valence-electron chi connectivity index (χ2n) is 8.70. The highest BCUT2D eigenvalue weighted by atomic mass is 35.5. The van der Waals surface area contributed by atoms with Crippen LogP contribution in [0.25, 0.3) is 0 Å². The first-order chi connectivity index (χ1) is 15.6. The highest BCUT2D eigenvalue weighted by Crippen LogP contribution is 2.44. The molecular formula is C25H25ClN4O2. The Hall–Kier alpha value is -2.91. The van der Waals surface area contributed by atoms with Crippen LogP contribution < -0.4 is 5.01 Å². The maximum atomic E-state index is 12.1. The van der Waals surface area contributed by atoms with Crippen molar-refractivity contribution in [3.05, 3.63) is 57.9 Å². The molecule has 0 bridgehead atoms. The van der Waals surface area contributed by atoms with E-state index >= 15 is 0 Å². The molecule has 0 saturated heterocycles. The Morgan fingerprint density at radius 3 is 2.78 bits per heavy atom. The Balaban J connectivity index is 1.55. The molecule has 2 aliphatic carbocycles. The number of aryl methyl sites for hydroxylation is 1. The van der Waals surface area contributed by atoms with Crippen molar-refractivity contribution < 1.29 is 9.53 Å². The molecule has 6 nitrogen and oxygen atoms in total. The van der Waals surface area contributed by atoms with E-state index in [4.69, 9.17) is 21.4 Å². The van der Waals surface area contributed by atoms with Crippen LogP contribution in [0.2, 0.25) is 5.02 Å². The molecule has 2 heterocycles. The normalized spacial score (nSPS) is 22.2. The van der Waals surface area contributed by atoms with Crippen LogP contribution in [0.15, 0.2) is 35.4 Å². The van der Waals surface area contributed by atoms with Crippen LogP contribution >= 0.6 is 11.6 Å². The summed E-state index contributed by atoms with van der Waals surface area (Å²) in [6.45, 7) is 2.12. The number of fused-ring (bicyclic) bond motifs is 3. The Kier molecular flexibility index (Phi) is 5.60. The molecule has 164 valence electrons. The number of carbonyl (C=O) groups is 1. The number of pyridine rings is 1. The third-order valence-corrected chi connectivity index (χ3v) is 7.22. The first kappa shape index (κ1) is 21.0. The number of anilines is 1. The number of hydrazone groups is 1. The van der Waals surface area contributed by atoms with Crippen LogP contribution in [0.3, 0.4) is 0 Å². The molecule has 1 fully saturated rings. The van der Waals surface area contributed by atoms with Crippen LogP contribution in [-0.4, -0.2) is 29.3 Å². The van der Waals surface area contributed by atoms with Gasteiger partial charge in [0.2, 0.25) is 0 Å². The molecule has 0 amide bonds. The Morgan fingerprint density at radius 1 is 1.25 bits per heavy atom. The molecule has 0 N–H and O–H groups in total. The minimum absolute atomic E-state index is 0.273. The zero-order valence-corrected chi connectivity index (χ0v) is 18.8. The molecule has 2 aromatic rings. The molecule has 0 unspecified atom stereocenters. The highest BCUT2D eigenvalue weighted by Gasteiger charge is 2.46. The Bertz CT molecular complexity index is 1130. The van der Waals surface area contributed by atoms with Gasteiger partial charge in [-0.15, -0.1) is 0 Å². The number of hydrogen-bond donors (Lipinski definition) is 0. The van der Waals surface area contributed by atoms with Crippen molar-refractivity contribution in [2.24, 2.45) is 16.9 Å². The van der Waals surface area contributed by atoms with Crippen molar-refractivity contribution in [1.82, 2.24) is 4.98 Å². The summed E-state index contributed by atoms with van der Waals surface area (Å²) in [7, 11) is 0. The van der Waals surface area contributed by atoms with Crippen molar-refractivity contribution in [3.8, 4) is 6.07 Å². The van der Waals surface area contributed by atoms with Crippen molar-refractivity contribution >= 4 is 29.0 Å². The van der Waals surface area contributed by atoms with E-state index in [9.17, 15) is 10.1 Å². The first-order valence-electron chi connectivity index (χ1n) is 11.4. The first-order valence-corrected chi connectivity index (χ1v) is 11.7. The average Bonchev–Trinajstić information content (AvgIpc) is 3.46. The van der Waals surface area contributed by atoms with Gasteiger partial charge in [-0.1, -0.05) is 24.4 Å². The molecule has 0 radical (unpaired) electrons. The van der Waals surface area contributed by atoms with Gasteiger partial charge in [0.05, 0.1) is 40.3 Å². The fourth-order valence-corrected chi connectivity index (χ4v) is 5.70. The number of ether oxygens (including phenoxy) is 1. The number of nitrogens with zero attached hydrogens (tertiary/aromatic N) is 4. The van der Waals surface area contributed by atoms with E-state index in [-0.39, 0.29) is 12.0 Å². The van der Waals surface area contributed by atoms with Crippen molar-refractivity contribution in [2.45, 2.75) is 51.5 Å². The quantitative estimate of drug-likeness (QED) is 0.606. The topological polar surface area (TPSA) is 78.6 Å². The number of halogens is 1. The summed E-state index contributed by atoms with van der Waals surface area (Å²) < 4.78 is 5.12. The molecule has 7 heteroatoms. The van der Waals surface area contributed by atoms with Crippen molar-refractivity contribution in [2.75, 3.05) is 11.6 Å². The van der Waals surface area contributed by atoms with E-state index in [1.807, 2.05) is 18.2 Å². The summed E-state index contributed by atoms with van der Waals surface area (Å²) in [6, 6.07) is 11.7. The zero-order valence-electron chi connectivity index (χ0n) is 18.1. The molecule has 1 aliphatic heterocycles. The van der Waals surface area contributed by atoms with Gasteiger partial charge < -0.3 is 4.74 Å². The van der Waals surface area contributed by atoms with Gasteiger partial charge in [0.25, 0.3) is 0 Å². The predicted molar refractivity (Wildman–Crippen MR) is 123 cm³/mol. The predicted octanol–water partition coefficient (Wildman–Crippen LogP) is 5.13. The molecule has 3 aliphatic rings. The van der Waals surface area contributed by atoms with E-state index in [1.54, 1.807) is 19.1 Å². The van der Waals surface area contributed by atoms with Crippen molar-refractivity contribution in [3.63, 3.8) is 0 Å². The standard InChI is InChI=1S/C25H25ClN4O2/c1-2-32-25(31)22-12-9-18-21(28-22)11-10-19-23(18)29-30(24(19)15-5-3-4-6-15)17-8-7-16(14-27)20(26)13-17/h7-9,12-13,15,19,24H,2-6,10-11H2,1H3/t19-,24-/m0/s1. The van der Waals surface area contributed by atoms with Gasteiger partial charge >= 0.3 is 5.97 Å². The minimum Gasteiger partial charge on any atom is -0.461 e. The van der Waals surface area contributed by atoms with Crippen LogP contribution in [0.1, 0.15) is 66.3 Å². The lowest BCUT2D eigenvalue weighted by molar-refractivity contribution is 0.0519. The van der Waals surface area contributed by atoms with Gasteiger partial charge in [-0.3, -0.25) is 5.01 Å². The second kappa shape index (κ2) is 8.55. The molecular weight excluding hydrogens is 424 g/mol. The maximum absolute atomic E-state index is 12.1. The SMILES string of the molecule is CCOC(=O)c1ccc2c(n1)CC[C@H]1C2=NN(c2ccc(C#N)c(Cl)c2)[C@H]1C1CCCC1. The lowest BCUT2D eigenvalue weighted by Crippen LogP contribution is -2.40. The van der Waals surface area contributed by atoms with E-state index in [2.05, 4.69) is 16.1 Å². The van der Waals surface area contributed by atoms with Crippen molar-refractivity contribution in [1.29, 1.82) is 5.26 Å². The van der Waals surface area contributed by atoms with Gasteiger partial charge in [-0.25, -0.2) is 9.78 Å². The third kappa shape index (κ3) is 3.55. The minimum atomic E-state index is -0.386. The second-order valence-corrected chi connectivity index (χ2v) is 9.10. The van der Waals surface area contributed by atoms with Gasteiger partial charge in [0, 0.05) is 11.5 Å². The number of benzene rings is 1. The fourth-order valence-electron chi connectivity index (χ4n) is 5.48. The van der Waals surface area contributed by atoms with Crippen LogP contribution in [-0.2, 0) is 11.2 Å². The van der Waals surface area contributed by atoms with Crippen LogP contribution in [0.4, 0.5) is 5.69 Å². The molecule has 2 atom stereocenters. The molecule has 32 heavy (non-hydrogen) atoms. The van der Waals surface area contributed by atoms with Gasteiger partial charge in [-0.05, 0) is 68.9 Å². The Labute approximate surface area is 192 Å². The zero-order chi connectivity index (χ0) is 22.2. The van der Waals surface area contributed by atoms with E-state index in [1.165, 1.54) is 25.7 Å². The largest absolute Gasteiger partial charge is 0.461 e. The smallest absolute Gasteiger partial charge is 0.356 e. The maximum Gasteiger partial charge on any atom is 0.356 e. The van der Waals surface area contributed by atoms with E-state index in [0.717, 1.165) is 35.5 Å². The van der Waals surface area contributed by atoms with E-state index in [0.29, 0.717) is 34.7 Å². The number of aromatic nitrogens is 1. The average molecular weight is 449 g/mol. The van der Waals surface area contributed by atoms with Gasteiger partial charge in [0.1, 0.15) is 11.8 Å². The molecule has 1 aromatic carbocycles. The highest BCUT2D eigenvalue weighted by molar-refractivity contribution is 6.32. The summed E-state index contributed by atoms with van der Waals surface area (Å²) in [6.07, 6.45) is 6.69. The number of nitriles is 1. The summed E-state index contributed by atoms with van der Waals surface area (Å²) in [5.74, 6) is 0.503. The summed E-state index contributed by atoms with van der Waals surface area (Å²) in [5.41, 5.74) is 4.73.